The highest BCUT2D eigenvalue weighted by molar-refractivity contribution is 6.07. The van der Waals surface area contributed by atoms with Gasteiger partial charge in [-0.1, -0.05) is 30.3 Å². The Morgan fingerprint density at radius 1 is 1.21 bits per heavy atom. The van der Waals surface area contributed by atoms with Crippen LogP contribution in [0.5, 0.6) is 5.75 Å². The lowest BCUT2D eigenvalue weighted by atomic mass is 10.1. The zero-order chi connectivity index (χ0) is 16.9. The third kappa shape index (κ3) is 3.46. The van der Waals surface area contributed by atoms with Crippen molar-refractivity contribution in [3.05, 3.63) is 65.7 Å². The molecule has 0 N–H and O–H groups in total. The van der Waals surface area contributed by atoms with Gasteiger partial charge in [0.1, 0.15) is 12.4 Å². The van der Waals surface area contributed by atoms with Crippen LogP contribution in [-0.2, 0) is 4.74 Å². The Labute approximate surface area is 140 Å². The number of benzene rings is 2. The number of ether oxygens (including phenoxy) is 2. The Kier molecular flexibility index (Phi) is 4.61. The fraction of sp³-hybridized carbons (Fsp3) is 0.158. The molecule has 24 heavy (non-hydrogen) atoms. The van der Waals surface area contributed by atoms with Crippen LogP contribution in [0.15, 0.2) is 54.6 Å². The van der Waals surface area contributed by atoms with Gasteiger partial charge in [0.2, 0.25) is 0 Å². The summed E-state index contributed by atoms with van der Waals surface area (Å²) in [6.45, 7) is 0.868. The van der Waals surface area contributed by atoms with E-state index < -0.39 is 0 Å². The van der Waals surface area contributed by atoms with E-state index in [0.29, 0.717) is 24.4 Å². The molecule has 3 rings (SSSR count). The van der Waals surface area contributed by atoms with Gasteiger partial charge in [0.15, 0.2) is 5.78 Å². The number of hydrogen-bond donors (Lipinski definition) is 0. The molecule has 1 fully saturated rings. The molecule has 5 heteroatoms. The molecule has 0 unspecified atom stereocenters. The molecule has 1 aliphatic heterocycles. The number of nitrogens with zero attached hydrogens (tertiary/aromatic N) is 1. The first-order valence-corrected chi connectivity index (χ1v) is 7.58. The number of amides is 1. The second-order valence-corrected chi connectivity index (χ2v) is 5.29. The molecule has 1 amide bonds. The molecule has 2 aromatic carbocycles. The minimum Gasteiger partial charge on any atom is -0.497 e. The summed E-state index contributed by atoms with van der Waals surface area (Å²) in [5.74, 6) is 0.643. The smallest absolute Gasteiger partial charge is 0.414 e. The van der Waals surface area contributed by atoms with Crippen molar-refractivity contribution in [3.63, 3.8) is 0 Å². The Bertz CT molecular complexity index is 780. The quantitative estimate of drug-likeness (QED) is 0.624. The van der Waals surface area contributed by atoms with Crippen molar-refractivity contribution in [2.75, 3.05) is 25.2 Å². The summed E-state index contributed by atoms with van der Waals surface area (Å²) in [4.78, 5) is 25.5. The molecule has 1 aliphatic rings. The molecule has 0 aromatic heterocycles. The number of anilines is 1. The lowest BCUT2D eigenvalue weighted by molar-refractivity contribution is 0.104. The minimum atomic E-state index is -0.381. The van der Waals surface area contributed by atoms with Gasteiger partial charge >= 0.3 is 6.09 Å². The maximum atomic E-state index is 12.3. The van der Waals surface area contributed by atoms with Gasteiger partial charge in [-0.25, -0.2) is 4.79 Å². The van der Waals surface area contributed by atoms with Crippen LogP contribution >= 0.6 is 0 Å². The number of hydrogen-bond acceptors (Lipinski definition) is 4. The standard InChI is InChI=1S/C19H17NO4/c1-23-17-8-5-14(6-9-17)7-10-18(21)15-3-2-4-16(13-15)20-11-12-24-19(20)22/h2-10,13H,11-12H2,1H3/b10-7+. The molecule has 1 saturated heterocycles. The highest BCUT2D eigenvalue weighted by Gasteiger charge is 2.23. The van der Waals surface area contributed by atoms with E-state index in [1.54, 1.807) is 37.5 Å². The number of carbonyl (C=O) groups excluding carboxylic acids is 2. The van der Waals surface area contributed by atoms with Gasteiger partial charge in [0.25, 0.3) is 0 Å². The number of rotatable bonds is 5. The van der Waals surface area contributed by atoms with Crippen LogP contribution in [0.1, 0.15) is 15.9 Å². The van der Waals surface area contributed by atoms with Gasteiger partial charge in [-0.2, -0.15) is 0 Å². The van der Waals surface area contributed by atoms with Gasteiger partial charge in [0, 0.05) is 11.3 Å². The van der Waals surface area contributed by atoms with E-state index in [4.69, 9.17) is 9.47 Å². The van der Waals surface area contributed by atoms with Gasteiger partial charge in [-0.15, -0.1) is 0 Å². The molecule has 5 nitrogen and oxygen atoms in total. The number of carbonyl (C=O) groups is 2. The van der Waals surface area contributed by atoms with Crippen molar-refractivity contribution >= 4 is 23.6 Å². The molecule has 122 valence electrons. The van der Waals surface area contributed by atoms with E-state index in [1.807, 2.05) is 24.3 Å². The van der Waals surface area contributed by atoms with Crippen LogP contribution in [0.4, 0.5) is 10.5 Å². The van der Waals surface area contributed by atoms with E-state index in [0.717, 1.165) is 11.3 Å². The van der Waals surface area contributed by atoms with E-state index in [-0.39, 0.29) is 11.9 Å². The van der Waals surface area contributed by atoms with Crippen molar-refractivity contribution < 1.29 is 19.1 Å². The van der Waals surface area contributed by atoms with Gasteiger partial charge in [0.05, 0.1) is 13.7 Å². The van der Waals surface area contributed by atoms with Gasteiger partial charge in [-0.05, 0) is 35.9 Å². The summed E-state index contributed by atoms with van der Waals surface area (Å²) >= 11 is 0. The minimum absolute atomic E-state index is 0.125. The number of cyclic esters (lactones) is 1. The van der Waals surface area contributed by atoms with E-state index in [1.165, 1.54) is 11.0 Å². The molecular formula is C19H17NO4. The van der Waals surface area contributed by atoms with Crippen molar-refractivity contribution in [1.29, 1.82) is 0 Å². The number of methoxy groups -OCH3 is 1. The SMILES string of the molecule is COc1ccc(/C=C/C(=O)c2cccc(N3CCOC3=O)c2)cc1. The van der Waals surface area contributed by atoms with Crippen LogP contribution in [0.25, 0.3) is 6.08 Å². The number of ketones is 1. The molecule has 1 heterocycles. The average Bonchev–Trinajstić information content (AvgIpc) is 3.06. The van der Waals surface area contributed by atoms with E-state index in [2.05, 4.69) is 0 Å². The molecule has 2 aromatic rings. The summed E-state index contributed by atoms with van der Waals surface area (Å²) < 4.78 is 10.0. The first-order chi connectivity index (χ1) is 11.7. The Balaban J connectivity index is 1.74. The Hall–Kier alpha value is -3.08. The van der Waals surface area contributed by atoms with Crippen LogP contribution in [-0.4, -0.2) is 32.1 Å². The zero-order valence-corrected chi connectivity index (χ0v) is 13.3. The molecule has 0 bridgehead atoms. The lowest BCUT2D eigenvalue weighted by Crippen LogP contribution is -2.23. The normalized spacial score (nSPS) is 14.0. The van der Waals surface area contributed by atoms with Crippen molar-refractivity contribution in [3.8, 4) is 5.75 Å². The predicted octanol–water partition coefficient (Wildman–Crippen LogP) is 3.55. The van der Waals surface area contributed by atoms with Crippen LogP contribution in [0.3, 0.4) is 0 Å². The summed E-state index contributed by atoms with van der Waals surface area (Å²) in [5, 5.41) is 0. The van der Waals surface area contributed by atoms with Gasteiger partial charge in [-0.3, -0.25) is 9.69 Å². The Morgan fingerprint density at radius 2 is 2.00 bits per heavy atom. The van der Waals surface area contributed by atoms with E-state index in [9.17, 15) is 9.59 Å². The van der Waals surface area contributed by atoms with Crippen LogP contribution in [0.2, 0.25) is 0 Å². The molecule has 0 radical (unpaired) electrons. The summed E-state index contributed by atoms with van der Waals surface area (Å²) in [7, 11) is 1.61. The average molecular weight is 323 g/mol. The maximum Gasteiger partial charge on any atom is 0.414 e. The van der Waals surface area contributed by atoms with Gasteiger partial charge < -0.3 is 9.47 Å². The molecule has 0 saturated carbocycles. The summed E-state index contributed by atoms with van der Waals surface area (Å²) in [6.07, 6.45) is 2.88. The maximum absolute atomic E-state index is 12.3. The number of allylic oxidation sites excluding steroid dienone is 1. The second-order valence-electron chi connectivity index (χ2n) is 5.29. The first kappa shape index (κ1) is 15.8. The van der Waals surface area contributed by atoms with Crippen LogP contribution in [0, 0.1) is 0 Å². The lowest BCUT2D eigenvalue weighted by Gasteiger charge is -2.13. The topological polar surface area (TPSA) is 55.8 Å². The van der Waals surface area contributed by atoms with Crippen molar-refractivity contribution in [1.82, 2.24) is 0 Å². The fourth-order valence-electron chi connectivity index (χ4n) is 2.44. The highest BCUT2D eigenvalue weighted by atomic mass is 16.6. The summed E-state index contributed by atoms with van der Waals surface area (Å²) in [5.41, 5.74) is 2.10. The predicted molar refractivity (Wildman–Crippen MR) is 91.5 cm³/mol. The fourth-order valence-corrected chi connectivity index (χ4v) is 2.44. The third-order valence-corrected chi connectivity index (χ3v) is 3.75. The third-order valence-electron chi connectivity index (χ3n) is 3.75. The monoisotopic (exact) mass is 323 g/mol. The molecule has 0 aliphatic carbocycles. The largest absolute Gasteiger partial charge is 0.497 e. The zero-order valence-electron chi connectivity index (χ0n) is 13.3. The Morgan fingerprint density at radius 3 is 2.67 bits per heavy atom. The van der Waals surface area contributed by atoms with E-state index >= 15 is 0 Å². The molecular weight excluding hydrogens is 306 g/mol. The second kappa shape index (κ2) is 7.00. The molecule has 0 atom stereocenters. The molecule has 0 spiro atoms. The van der Waals surface area contributed by atoms with Crippen molar-refractivity contribution in [2.45, 2.75) is 0 Å². The van der Waals surface area contributed by atoms with Crippen molar-refractivity contribution in [2.24, 2.45) is 0 Å². The first-order valence-electron chi connectivity index (χ1n) is 7.58. The summed E-state index contributed by atoms with van der Waals surface area (Å²) in [6, 6.07) is 14.4. The highest BCUT2D eigenvalue weighted by Crippen LogP contribution is 2.20. The van der Waals surface area contributed by atoms with Crippen LogP contribution < -0.4 is 9.64 Å².